The number of nitro groups is 1. The van der Waals surface area contributed by atoms with E-state index >= 15 is 0 Å². The number of amides is 1. The van der Waals surface area contributed by atoms with Crippen LogP contribution in [0.1, 0.15) is 6.92 Å². The van der Waals surface area contributed by atoms with Crippen LogP contribution in [0.15, 0.2) is 18.3 Å². The molecule has 7 nitrogen and oxygen atoms in total. The second kappa shape index (κ2) is 3.76. The number of anilines is 1. The Kier molecular flexibility index (Phi) is 2.43. The molecule has 1 aromatic heterocycles. The number of carbonyl (C=O) groups is 1. The fourth-order valence-corrected chi connectivity index (χ4v) is 1.46. The molecule has 84 valence electrons. The van der Waals surface area contributed by atoms with Crippen molar-refractivity contribution >= 4 is 17.6 Å². The molecule has 0 N–H and O–H groups in total. The Balaban J connectivity index is 2.27. The zero-order valence-corrected chi connectivity index (χ0v) is 8.49. The molecule has 1 unspecified atom stereocenters. The average Bonchev–Trinajstić information content (AvgIpc) is 2.59. The molecule has 0 saturated carbocycles. The van der Waals surface area contributed by atoms with Gasteiger partial charge in [0, 0.05) is 6.07 Å². The molecule has 0 radical (unpaired) electrons. The topological polar surface area (TPSA) is 85.6 Å². The number of hydrogen-bond acceptors (Lipinski definition) is 5. The molecule has 1 aromatic rings. The molecule has 1 aliphatic heterocycles. The molecule has 0 aliphatic carbocycles. The van der Waals surface area contributed by atoms with Crippen molar-refractivity contribution in [3.8, 4) is 0 Å². The molecular weight excluding hydrogens is 214 g/mol. The number of rotatable bonds is 2. The predicted octanol–water partition coefficient (Wildman–Crippen LogP) is 1.33. The maximum Gasteiger partial charge on any atom is 0.415 e. The van der Waals surface area contributed by atoms with Gasteiger partial charge < -0.3 is 4.74 Å². The second-order valence-corrected chi connectivity index (χ2v) is 3.43. The standard InChI is InChI=1S/C9H9N3O4/c1-6-5-16-9(13)11(6)8-3-2-7(4-10-8)12(14)15/h2-4,6H,5H2,1H3. The highest BCUT2D eigenvalue weighted by molar-refractivity contribution is 5.88. The summed E-state index contributed by atoms with van der Waals surface area (Å²) in [6, 6.07) is 2.63. The molecule has 0 spiro atoms. The van der Waals surface area contributed by atoms with E-state index in [0.29, 0.717) is 12.4 Å². The SMILES string of the molecule is CC1COC(=O)N1c1ccc([N+](=O)[O-])cn1. The van der Waals surface area contributed by atoms with Gasteiger partial charge in [0.05, 0.1) is 11.0 Å². The molecule has 1 aliphatic rings. The highest BCUT2D eigenvalue weighted by atomic mass is 16.6. The van der Waals surface area contributed by atoms with Crippen LogP contribution in [-0.2, 0) is 4.74 Å². The van der Waals surface area contributed by atoms with Crippen molar-refractivity contribution in [2.24, 2.45) is 0 Å². The summed E-state index contributed by atoms with van der Waals surface area (Å²) >= 11 is 0. The third-order valence-electron chi connectivity index (χ3n) is 2.28. The molecule has 2 rings (SSSR count). The first kappa shape index (κ1) is 10.3. The highest BCUT2D eigenvalue weighted by Gasteiger charge is 2.31. The van der Waals surface area contributed by atoms with Gasteiger partial charge in [0.25, 0.3) is 5.69 Å². The van der Waals surface area contributed by atoms with Gasteiger partial charge in [-0.15, -0.1) is 0 Å². The molecule has 16 heavy (non-hydrogen) atoms. The number of carbonyl (C=O) groups excluding carboxylic acids is 1. The lowest BCUT2D eigenvalue weighted by Gasteiger charge is -2.15. The fourth-order valence-electron chi connectivity index (χ4n) is 1.46. The predicted molar refractivity (Wildman–Crippen MR) is 54.2 cm³/mol. The first-order chi connectivity index (χ1) is 7.59. The van der Waals surface area contributed by atoms with E-state index in [1.165, 1.54) is 17.0 Å². The quantitative estimate of drug-likeness (QED) is 0.557. The van der Waals surface area contributed by atoms with Gasteiger partial charge in [-0.25, -0.2) is 9.78 Å². The summed E-state index contributed by atoms with van der Waals surface area (Å²) in [6.45, 7) is 2.12. The summed E-state index contributed by atoms with van der Waals surface area (Å²) < 4.78 is 4.82. The second-order valence-electron chi connectivity index (χ2n) is 3.43. The van der Waals surface area contributed by atoms with E-state index in [1.54, 1.807) is 0 Å². The summed E-state index contributed by atoms with van der Waals surface area (Å²) in [4.78, 5) is 26.4. The van der Waals surface area contributed by atoms with Crippen molar-refractivity contribution in [1.82, 2.24) is 4.98 Å². The number of cyclic esters (lactones) is 1. The van der Waals surface area contributed by atoms with Gasteiger partial charge in [-0.3, -0.25) is 15.0 Å². The van der Waals surface area contributed by atoms with Gasteiger partial charge in [-0.05, 0) is 13.0 Å². The summed E-state index contributed by atoms with van der Waals surface area (Å²) in [5.41, 5.74) is -0.107. The van der Waals surface area contributed by atoms with Crippen molar-refractivity contribution in [3.63, 3.8) is 0 Å². The van der Waals surface area contributed by atoms with Crippen LogP contribution in [-0.4, -0.2) is 28.6 Å². The van der Waals surface area contributed by atoms with Crippen LogP contribution in [0, 0.1) is 10.1 Å². The van der Waals surface area contributed by atoms with Crippen LogP contribution in [0.4, 0.5) is 16.3 Å². The normalized spacial score (nSPS) is 19.7. The summed E-state index contributed by atoms with van der Waals surface area (Å²) in [6.07, 6.45) is 0.641. The summed E-state index contributed by atoms with van der Waals surface area (Å²) in [7, 11) is 0. The number of hydrogen-bond donors (Lipinski definition) is 0. The van der Waals surface area contributed by atoms with E-state index in [0.717, 1.165) is 6.20 Å². The molecule has 1 atom stereocenters. The fraction of sp³-hybridized carbons (Fsp3) is 0.333. The first-order valence-electron chi connectivity index (χ1n) is 4.66. The lowest BCUT2D eigenvalue weighted by Crippen LogP contribution is -2.31. The molecule has 0 bridgehead atoms. The summed E-state index contributed by atoms with van der Waals surface area (Å²) in [5.74, 6) is 0.362. The first-order valence-corrected chi connectivity index (χ1v) is 4.66. The largest absolute Gasteiger partial charge is 0.447 e. The van der Waals surface area contributed by atoms with Crippen molar-refractivity contribution < 1.29 is 14.5 Å². The minimum Gasteiger partial charge on any atom is -0.447 e. The van der Waals surface area contributed by atoms with E-state index in [2.05, 4.69) is 4.98 Å². The van der Waals surface area contributed by atoms with Gasteiger partial charge in [0.2, 0.25) is 0 Å². The Morgan fingerprint density at radius 1 is 1.62 bits per heavy atom. The van der Waals surface area contributed by atoms with E-state index in [1.807, 2.05) is 6.92 Å². The molecule has 2 heterocycles. The molecule has 1 saturated heterocycles. The van der Waals surface area contributed by atoms with Gasteiger partial charge >= 0.3 is 6.09 Å². The van der Waals surface area contributed by atoms with E-state index in [4.69, 9.17) is 4.74 Å². The Hall–Kier alpha value is -2.18. The minimum absolute atomic E-state index is 0.107. The monoisotopic (exact) mass is 223 g/mol. The van der Waals surface area contributed by atoms with Crippen molar-refractivity contribution in [1.29, 1.82) is 0 Å². The van der Waals surface area contributed by atoms with Crippen LogP contribution in [0.5, 0.6) is 0 Å². The van der Waals surface area contributed by atoms with Crippen molar-refractivity contribution in [2.45, 2.75) is 13.0 Å². The number of ether oxygens (including phenoxy) is 1. The third-order valence-corrected chi connectivity index (χ3v) is 2.28. The van der Waals surface area contributed by atoms with Gasteiger partial charge in [0.1, 0.15) is 18.6 Å². The van der Waals surface area contributed by atoms with Gasteiger partial charge in [-0.1, -0.05) is 0 Å². The Morgan fingerprint density at radius 3 is 2.81 bits per heavy atom. The number of pyridine rings is 1. The Bertz CT molecular complexity index is 431. The van der Waals surface area contributed by atoms with Crippen LogP contribution in [0.3, 0.4) is 0 Å². The van der Waals surface area contributed by atoms with Crippen LogP contribution in [0.25, 0.3) is 0 Å². The lowest BCUT2D eigenvalue weighted by molar-refractivity contribution is -0.385. The van der Waals surface area contributed by atoms with E-state index in [-0.39, 0.29) is 11.7 Å². The zero-order chi connectivity index (χ0) is 11.7. The Labute approximate surface area is 90.8 Å². The van der Waals surface area contributed by atoms with Crippen molar-refractivity contribution in [2.75, 3.05) is 11.5 Å². The van der Waals surface area contributed by atoms with Crippen LogP contribution in [0.2, 0.25) is 0 Å². The molecule has 0 aromatic carbocycles. The molecule has 7 heteroatoms. The maximum absolute atomic E-state index is 11.3. The van der Waals surface area contributed by atoms with E-state index < -0.39 is 11.0 Å². The van der Waals surface area contributed by atoms with Gasteiger partial charge in [-0.2, -0.15) is 0 Å². The molecule has 1 amide bonds. The Morgan fingerprint density at radius 2 is 2.38 bits per heavy atom. The lowest BCUT2D eigenvalue weighted by atomic mass is 10.3. The van der Waals surface area contributed by atoms with Crippen LogP contribution >= 0.6 is 0 Å². The smallest absolute Gasteiger partial charge is 0.415 e. The highest BCUT2D eigenvalue weighted by Crippen LogP contribution is 2.22. The molecule has 1 fully saturated rings. The maximum atomic E-state index is 11.3. The van der Waals surface area contributed by atoms with Crippen LogP contribution < -0.4 is 4.90 Å². The average molecular weight is 223 g/mol. The third kappa shape index (κ3) is 1.67. The zero-order valence-electron chi connectivity index (χ0n) is 8.49. The number of aromatic nitrogens is 1. The molecular formula is C9H9N3O4. The summed E-state index contributed by atoms with van der Waals surface area (Å²) in [5, 5.41) is 10.4. The van der Waals surface area contributed by atoms with E-state index in [9.17, 15) is 14.9 Å². The van der Waals surface area contributed by atoms with Gasteiger partial charge in [0.15, 0.2) is 0 Å². The number of nitrogens with zero attached hydrogens (tertiary/aromatic N) is 3. The minimum atomic E-state index is -0.539. The van der Waals surface area contributed by atoms with Crippen molar-refractivity contribution in [3.05, 3.63) is 28.4 Å².